The molecule has 0 heterocycles. The van der Waals surface area contributed by atoms with Crippen molar-refractivity contribution in [2.75, 3.05) is 0 Å². The van der Waals surface area contributed by atoms with Crippen LogP contribution >= 0.6 is 0 Å². The van der Waals surface area contributed by atoms with Gasteiger partial charge in [0.15, 0.2) is 17.3 Å². The lowest BCUT2D eigenvalue weighted by Crippen LogP contribution is -1.83. The summed E-state index contributed by atoms with van der Waals surface area (Å²) in [5, 5.41) is 8.87. The molecule has 12 heavy (non-hydrogen) atoms. The van der Waals surface area contributed by atoms with Gasteiger partial charge < -0.3 is 5.11 Å². The first kappa shape index (κ1) is 8.36. The standard InChI is InChI=1S/C7H3F2NO2/c8-4-1-2-5(12)7(6(4)9)10-3-11/h1-2,12H. The van der Waals surface area contributed by atoms with E-state index < -0.39 is 23.1 Å². The van der Waals surface area contributed by atoms with Crippen molar-refractivity contribution in [1.82, 2.24) is 0 Å². The number of aliphatic imine (C=N–C) groups is 1. The van der Waals surface area contributed by atoms with Gasteiger partial charge in [0, 0.05) is 0 Å². The van der Waals surface area contributed by atoms with Crippen LogP contribution < -0.4 is 0 Å². The molecule has 0 aliphatic rings. The smallest absolute Gasteiger partial charge is 0.240 e. The van der Waals surface area contributed by atoms with Gasteiger partial charge in [-0.1, -0.05) is 0 Å². The van der Waals surface area contributed by atoms with Crippen molar-refractivity contribution in [1.29, 1.82) is 0 Å². The van der Waals surface area contributed by atoms with Gasteiger partial charge in [-0.25, -0.2) is 13.6 Å². The molecule has 0 radical (unpaired) electrons. The summed E-state index contributed by atoms with van der Waals surface area (Å²) in [6, 6.07) is 1.63. The second-order valence-electron chi connectivity index (χ2n) is 1.93. The SMILES string of the molecule is O=C=Nc1c(O)ccc(F)c1F. The van der Waals surface area contributed by atoms with Gasteiger partial charge in [-0.3, -0.25) is 0 Å². The third-order valence-corrected chi connectivity index (χ3v) is 1.21. The monoisotopic (exact) mass is 171 g/mol. The van der Waals surface area contributed by atoms with E-state index in [1.54, 1.807) is 0 Å². The van der Waals surface area contributed by atoms with E-state index in [9.17, 15) is 13.6 Å². The van der Waals surface area contributed by atoms with Gasteiger partial charge in [0.25, 0.3) is 0 Å². The Bertz CT molecular complexity index is 359. The number of phenolic OH excluding ortho intramolecular Hbond substituents is 1. The predicted molar refractivity (Wildman–Crippen MR) is 35.8 cm³/mol. The minimum absolute atomic E-state index is 0.600. The molecule has 0 aliphatic carbocycles. The van der Waals surface area contributed by atoms with E-state index in [1.165, 1.54) is 0 Å². The summed E-state index contributed by atoms with van der Waals surface area (Å²) in [5.41, 5.74) is -0.731. The molecule has 62 valence electrons. The van der Waals surface area contributed by atoms with Gasteiger partial charge in [0.1, 0.15) is 5.75 Å². The number of halogens is 2. The summed E-state index contributed by atoms with van der Waals surface area (Å²) >= 11 is 0. The van der Waals surface area contributed by atoms with Crippen molar-refractivity contribution in [3.05, 3.63) is 23.8 Å². The topological polar surface area (TPSA) is 49.7 Å². The van der Waals surface area contributed by atoms with Crippen molar-refractivity contribution in [3.8, 4) is 5.75 Å². The van der Waals surface area contributed by atoms with Gasteiger partial charge in [-0.15, -0.1) is 0 Å². The summed E-state index contributed by atoms with van der Waals surface area (Å²) in [6.45, 7) is 0. The van der Waals surface area contributed by atoms with Crippen LogP contribution in [0.3, 0.4) is 0 Å². The Hall–Kier alpha value is -1.74. The minimum atomic E-state index is -1.36. The second kappa shape index (κ2) is 3.11. The number of phenols is 1. The highest BCUT2D eigenvalue weighted by molar-refractivity contribution is 5.57. The van der Waals surface area contributed by atoms with E-state index in [0.717, 1.165) is 18.2 Å². The fourth-order valence-electron chi connectivity index (χ4n) is 0.682. The van der Waals surface area contributed by atoms with Crippen molar-refractivity contribution in [2.45, 2.75) is 0 Å². The fourth-order valence-corrected chi connectivity index (χ4v) is 0.682. The molecule has 0 amide bonds. The van der Waals surface area contributed by atoms with Crippen LogP contribution in [0.15, 0.2) is 17.1 Å². The molecule has 1 aromatic rings. The summed E-state index contributed by atoms with van der Waals surface area (Å²) in [4.78, 5) is 12.5. The first-order chi connectivity index (χ1) is 5.66. The van der Waals surface area contributed by atoms with E-state index in [1.807, 2.05) is 0 Å². The van der Waals surface area contributed by atoms with Crippen molar-refractivity contribution in [2.24, 2.45) is 4.99 Å². The Kier molecular flexibility index (Phi) is 2.16. The molecule has 0 fully saturated rings. The van der Waals surface area contributed by atoms with Gasteiger partial charge in [-0.2, -0.15) is 4.99 Å². The molecule has 0 unspecified atom stereocenters. The first-order valence-electron chi connectivity index (χ1n) is 2.91. The number of rotatable bonds is 1. The molecule has 0 saturated carbocycles. The quantitative estimate of drug-likeness (QED) is 0.515. The zero-order valence-electron chi connectivity index (χ0n) is 5.71. The Balaban J connectivity index is 3.42. The molecular weight excluding hydrogens is 168 g/mol. The highest BCUT2D eigenvalue weighted by Crippen LogP contribution is 2.30. The zero-order valence-corrected chi connectivity index (χ0v) is 5.71. The molecule has 0 spiro atoms. The number of hydrogen-bond donors (Lipinski definition) is 1. The summed E-state index contributed by atoms with van der Waals surface area (Å²) in [5.74, 6) is -3.14. The summed E-state index contributed by atoms with van der Waals surface area (Å²) in [6.07, 6.45) is 1.00. The van der Waals surface area contributed by atoms with Crippen LogP contribution in [0, 0.1) is 11.6 Å². The Morgan fingerprint density at radius 3 is 2.67 bits per heavy atom. The molecule has 1 rings (SSSR count). The maximum atomic E-state index is 12.6. The molecule has 1 aromatic carbocycles. The minimum Gasteiger partial charge on any atom is -0.506 e. The highest BCUT2D eigenvalue weighted by atomic mass is 19.2. The van der Waals surface area contributed by atoms with Crippen LogP contribution in [0.25, 0.3) is 0 Å². The molecule has 3 nitrogen and oxygen atoms in total. The molecular formula is C7H3F2NO2. The molecule has 1 N–H and O–H groups in total. The van der Waals surface area contributed by atoms with Crippen LogP contribution in [0.1, 0.15) is 0 Å². The van der Waals surface area contributed by atoms with E-state index in [-0.39, 0.29) is 0 Å². The fraction of sp³-hybridized carbons (Fsp3) is 0. The highest BCUT2D eigenvalue weighted by Gasteiger charge is 2.11. The molecule has 0 aromatic heterocycles. The van der Waals surface area contributed by atoms with Gasteiger partial charge in [-0.05, 0) is 12.1 Å². The average Bonchev–Trinajstić information content (AvgIpc) is 2.06. The van der Waals surface area contributed by atoms with Crippen LogP contribution in [0.4, 0.5) is 14.5 Å². The predicted octanol–water partition coefficient (Wildman–Crippen LogP) is 1.64. The van der Waals surface area contributed by atoms with Crippen LogP contribution in [-0.4, -0.2) is 11.2 Å². The normalized spacial score (nSPS) is 9.17. The second-order valence-corrected chi connectivity index (χ2v) is 1.93. The number of benzene rings is 1. The van der Waals surface area contributed by atoms with Crippen molar-refractivity contribution in [3.63, 3.8) is 0 Å². The lowest BCUT2D eigenvalue weighted by Gasteiger charge is -1.97. The summed E-state index contributed by atoms with van der Waals surface area (Å²) in [7, 11) is 0. The van der Waals surface area contributed by atoms with Crippen LogP contribution in [-0.2, 0) is 4.79 Å². The number of carbonyl (C=O) groups excluding carboxylic acids is 1. The van der Waals surface area contributed by atoms with E-state index in [4.69, 9.17) is 5.11 Å². The first-order valence-corrected chi connectivity index (χ1v) is 2.91. The maximum Gasteiger partial charge on any atom is 0.240 e. The average molecular weight is 171 g/mol. The molecule has 0 aliphatic heterocycles. The van der Waals surface area contributed by atoms with Crippen molar-refractivity contribution < 1.29 is 18.7 Å². The van der Waals surface area contributed by atoms with E-state index >= 15 is 0 Å². The number of hydrogen-bond acceptors (Lipinski definition) is 3. The van der Waals surface area contributed by atoms with E-state index in [2.05, 4.69) is 4.99 Å². The maximum absolute atomic E-state index is 12.6. The van der Waals surface area contributed by atoms with Crippen LogP contribution in [0.5, 0.6) is 5.75 Å². The Labute approximate surface area is 66.0 Å². The lowest BCUT2D eigenvalue weighted by atomic mass is 10.3. The molecule has 0 bridgehead atoms. The largest absolute Gasteiger partial charge is 0.506 e. The lowest BCUT2D eigenvalue weighted by molar-refractivity contribution is 0.457. The van der Waals surface area contributed by atoms with Crippen LogP contribution in [0.2, 0.25) is 0 Å². The van der Waals surface area contributed by atoms with Gasteiger partial charge >= 0.3 is 0 Å². The van der Waals surface area contributed by atoms with Gasteiger partial charge in [0.05, 0.1) is 0 Å². The number of aromatic hydroxyl groups is 1. The van der Waals surface area contributed by atoms with E-state index in [0.29, 0.717) is 0 Å². The molecule has 0 atom stereocenters. The summed E-state index contributed by atoms with van der Waals surface area (Å²) < 4.78 is 25.0. The number of nitrogens with zero attached hydrogens (tertiary/aromatic N) is 1. The molecule has 5 heteroatoms. The Morgan fingerprint density at radius 2 is 2.08 bits per heavy atom. The zero-order chi connectivity index (χ0) is 9.14. The number of isocyanates is 1. The van der Waals surface area contributed by atoms with Crippen molar-refractivity contribution >= 4 is 11.8 Å². The molecule has 0 saturated heterocycles. The third-order valence-electron chi connectivity index (χ3n) is 1.21. The van der Waals surface area contributed by atoms with Gasteiger partial charge in [0.2, 0.25) is 6.08 Å². The third kappa shape index (κ3) is 1.31. The Morgan fingerprint density at radius 1 is 1.42 bits per heavy atom.